The highest BCUT2D eigenvalue weighted by molar-refractivity contribution is 6.15. The van der Waals surface area contributed by atoms with E-state index in [2.05, 4.69) is 25.9 Å². The molecule has 168 valence electrons. The first-order valence-corrected chi connectivity index (χ1v) is 10.7. The van der Waals surface area contributed by atoms with E-state index in [0.717, 1.165) is 23.7 Å². The summed E-state index contributed by atoms with van der Waals surface area (Å²) >= 11 is 0. The van der Waals surface area contributed by atoms with Crippen LogP contribution in [0.4, 0.5) is 21.6 Å². The van der Waals surface area contributed by atoms with Gasteiger partial charge in [-0.25, -0.2) is 14.4 Å². The largest absolute Gasteiger partial charge is 0.466 e. The molecular formula is C24H22FN5O3. The summed E-state index contributed by atoms with van der Waals surface area (Å²) in [6.45, 7) is 1.85. The molecule has 8 nitrogen and oxygen atoms in total. The first-order chi connectivity index (χ1) is 15.9. The number of amides is 2. The van der Waals surface area contributed by atoms with Crippen LogP contribution < -0.4 is 20.7 Å². The molecule has 1 unspecified atom stereocenters. The van der Waals surface area contributed by atoms with Crippen LogP contribution in [0, 0.1) is 5.82 Å². The number of carbonyl (C=O) groups is 2. The number of benzene rings is 2. The van der Waals surface area contributed by atoms with E-state index < -0.39 is 23.2 Å². The molecule has 10 rings (SSSR count). The van der Waals surface area contributed by atoms with E-state index in [4.69, 9.17) is 4.74 Å². The number of rotatable bonds is 0. The molecule has 3 aromatic rings. The van der Waals surface area contributed by atoms with Crippen molar-refractivity contribution in [1.29, 1.82) is 0 Å². The van der Waals surface area contributed by atoms with E-state index in [1.54, 1.807) is 18.2 Å². The molecule has 33 heavy (non-hydrogen) atoms. The van der Waals surface area contributed by atoms with Gasteiger partial charge in [-0.1, -0.05) is 24.3 Å². The highest BCUT2D eigenvalue weighted by Gasteiger charge is 2.47. The summed E-state index contributed by atoms with van der Waals surface area (Å²) in [4.78, 5) is 34.0. The van der Waals surface area contributed by atoms with Crippen LogP contribution in [-0.2, 0) is 22.4 Å². The molecule has 2 aromatic carbocycles. The van der Waals surface area contributed by atoms with Crippen molar-refractivity contribution >= 4 is 29.0 Å². The molecule has 0 aliphatic carbocycles. The number of anilines is 3. The third-order valence-electron chi connectivity index (χ3n) is 5.78. The van der Waals surface area contributed by atoms with E-state index in [9.17, 15) is 14.0 Å². The average molecular weight is 447 g/mol. The Kier molecular flexibility index (Phi) is 5.16. The van der Waals surface area contributed by atoms with E-state index in [-0.39, 0.29) is 5.82 Å². The molecule has 8 bridgehead atoms. The van der Waals surface area contributed by atoms with Crippen LogP contribution in [0.15, 0.2) is 48.7 Å². The molecule has 7 aliphatic heterocycles. The van der Waals surface area contributed by atoms with Gasteiger partial charge < -0.3 is 20.7 Å². The number of halogens is 1. The van der Waals surface area contributed by atoms with Gasteiger partial charge in [0, 0.05) is 18.7 Å². The van der Waals surface area contributed by atoms with Gasteiger partial charge in [0.05, 0.1) is 11.9 Å². The van der Waals surface area contributed by atoms with Crippen LogP contribution in [0.1, 0.15) is 30.3 Å². The maximum Gasteiger partial charge on any atom is 0.278 e. The second-order valence-corrected chi connectivity index (χ2v) is 8.26. The molecule has 0 saturated carbocycles. The summed E-state index contributed by atoms with van der Waals surface area (Å²) in [5.74, 6) is -0.834. The van der Waals surface area contributed by atoms with E-state index in [1.807, 2.05) is 24.3 Å². The van der Waals surface area contributed by atoms with Crippen molar-refractivity contribution < 1.29 is 18.7 Å². The summed E-state index contributed by atoms with van der Waals surface area (Å²) < 4.78 is 20.2. The fourth-order valence-electron chi connectivity index (χ4n) is 3.83. The van der Waals surface area contributed by atoms with Gasteiger partial charge in [0.1, 0.15) is 11.6 Å². The SMILES string of the molecule is CC12Oc3ccc(cc3NC1=O)Nc1nc(ncc1F)Cc1ccc(cc1)CCCNC2=O. The zero-order valence-corrected chi connectivity index (χ0v) is 17.9. The summed E-state index contributed by atoms with van der Waals surface area (Å²) in [5, 5.41) is 8.46. The van der Waals surface area contributed by atoms with Crippen molar-refractivity contribution in [3.63, 3.8) is 0 Å². The Morgan fingerprint density at radius 3 is 2.64 bits per heavy atom. The second-order valence-electron chi connectivity index (χ2n) is 8.26. The third-order valence-corrected chi connectivity index (χ3v) is 5.78. The van der Waals surface area contributed by atoms with Crippen molar-refractivity contribution in [2.45, 2.75) is 31.8 Å². The van der Waals surface area contributed by atoms with Gasteiger partial charge in [0.25, 0.3) is 17.4 Å². The number of aryl methyl sites for hydroxylation is 1. The van der Waals surface area contributed by atoms with Gasteiger partial charge >= 0.3 is 0 Å². The Balaban J connectivity index is 1.52. The van der Waals surface area contributed by atoms with Gasteiger partial charge in [0.15, 0.2) is 11.6 Å². The standard InChI is InChI=1S/C24H22FN5O3/c1-24-22(31)26-10-2-3-14-4-6-15(7-5-14)11-20-27-13-17(25)21(30-20)28-16-8-9-19(33-24)18(12-16)29-23(24)32/h4-9,12-13H,2-3,10-11H2,1H3,(H,26,31)(H,29,32)(H,27,28,30). The summed E-state index contributed by atoms with van der Waals surface area (Å²) in [5.41, 5.74) is 1.30. The molecule has 1 aromatic heterocycles. The first-order valence-electron chi connectivity index (χ1n) is 10.7. The lowest BCUT2D eigenvalue weighted by atomic mass is 10.0. The molecule has 7 aliphatic rings. The normalized spacial score (nSPS) is 19.9. The monoisotopic (exact) mass is 447 g/mol. The number of ether oxygens (including phenoxy) is 1. The van der Waals surface area contributed by atoms with Gasteiger partial charge in [-0.3, -0.25) is 9.59 Å². The van der Waals surface area contributed by atoms with E-state index in [0.29, 0.717) is 42.3 Å². The molecule has 0 spiro atoms. The quantitative estimate of drug-likeness (QED) is 0.458. The van der Waals surface area contributed by atoms with Crippen LogP contribution in [0.5, 0.6) is 5.75 Å². The number of nitrogens with zero attached hydrogens (tertiary/aromatic N) is 2. The maximum atomic E-state index is 14.4. The molecule has 9 heteroatoms. The molecule has 0 radical (unpaired) electrons. The van der Waals surface area contributed by atoms with Crippen LogP contribution in [-0.4, -0.2) is 33.9 Å². The summed E-state index contributed by atoms with van der Waals surface area (Å²) in [7, 11) is 0. The molecule has 0 fully saturated rings. The van der Waals surface area contributed by atoms with Gasteiger partial charge in [-0.05, 0) is 49.1 Å². The van der Waals surface area contributed by atoms with Gasteiger partial charge in [-0.15, -0.1) is 0 Å². The van der Waals surface area contributed by atoms with Crippen molar-refractivity contribution in [2.75, 3.05) is 17.2 Å². The minimum absolute atomic E-state index is 0.0262. The van der Waals surface area contributed by atoms with Crippen LogP contribution in [0.3, 0.4) is 0 Å². The van der Waals surface area contributed by atoms with E-state index >= 15 is 0 Å². The van der Waals surface area contributed by atoms with Gasteiger partial charge in [-0.2, -0.15) is 0 Å². The highest BCUT2D eigenvalue weighted by Crippen LogP contribution is 2.36. The Hall–Kier alpha value is -4.01. The number of hydrogen-bond acceptors (Lipinski definition) is 6. The molecular weight excluding hydrogens is 425 g/mol. The summed E-state index contributed by atoms with van der Waals surface area (Å²) in [6.07, 6.45) is 3.06. The second kappa shape index (κ2) is 8.16. The first kappa shape index (κ1) is 20.9. The van der Waals surface area contributed by atoms with E-state index in [1.165, 1.54) is 6.92 Å². The molecule has 3 N–H and O–H groups in total. The number of aromatic nitrogens is 2. The Labute approximate surface area is 189 Å². The lowest BCUT2D eigenvalue weighted by molar-refractivity contribution is -0.146. The molecule has 0 saturated heterocycles. The highest BCUT2D eigenvalue weighted by atomic mass is 19.1. The average Bonchev–Trinajstić information content (AvgIpc) is 2.80. The van der Waals surface area contributed by atoms with Crippen LogP contribution in [0.2, 0.25) is 0 Å². The number of nitrogens with one attached hydrogen (secondary N) is 3. The smallest absolute Gasteiger partial charge is 0.278 e. The Bertz CT molecular complexity index is 1250. The third kappa shape index (κ3) is 4.09. The zero-order chi connectivity index (χ0) is 23.0. The minimum atomic E-state index is -1.70. The molecule has 8 heterocycles. The number of hydrogen-bond donors (Lipinski definition) is 3. The van der Waals surface area contributed by atoms with Crippen molar-refractivity contribution in [3.05, 3.63) is 71.4 Å². The van der Waals surface area contributed by atoms with Crippen molar-refractivity contribution in [2.24, 2.45) is 0 Å². The number of carbonyl (C=O) groups excluding carboxylic acids is 2. The lowest BCUT2D eigenvalue weighted by Gasteiger charge is -2.33. The zero-order valence-electron chi connectivity index (χ0n) is 17.9. The lowest BCUT2D eigenvalue weighted by Crippen LogP contribution is -2.58. The fraction of sp³-hybridized carbons (Fsp3) is 0.250. The van der Waals surface area contributed by atoms with Crippen LogP contribution in [0.25, 0.3) is 0 Å². The summed E-state index contributed by atoms with van der Waals surface area (Å²) in [6, 6.07) is 12.9. The fourth-order valence-corrected chi connectivity index (χ4v) is 3.83. The Morgan fingerprint density at radius 2 is 1.82 bits per heavy atom. The molecule has 2 amide bonds. The molecule has 1 atom stereocenters. The maximum absolute atomic E-state index is 14.4. The topological polar surface area (TPSA) is 105 Å². The van der Waals surface area contributed by atoms with Crippen molar-refractivity contribution in [3.8, 4) is 5.75 Å². The predicted octanol–water partition coefficient (Wildman–Crippen LogP) is 3.10. The van der Waals surface area contributed by atoms with Gasteiger partial charge in [0.2, 0.25) is 0 Å². The van der Waals surface area contributed by atoms with Crippen LogP contribution >= 0.6 is 0 Å². The minimum Gasteiger partial charge on any atom is -0.466 e. The van der Waals surface area contributed by atoms with Crippen molar-refractivity contribution in [1.82, 2.24) is 15.3 Å². The predicted molar refractivity (Wildman–Crippen MR) is 120 cm³/mol. The Morgan fingerprint density at radius 1 is 1.03 bits per heavy atom.